The maximum absolute atomic E-state index is 8.36. The van der Waals surface area contributed by atoms with Gasteiger partial charge in [0.2, 0.25) is 8.32 Å². The second kappa shape index (κ2) is 4.17. The van der Waals surface area contributed by atoms with E-state index >= 15 is 0 Å². The SMILES string of the molecule is C[Si](C)(C)Oc1ccccc1N=[N+]=[N-]. The van der Waals surface area contributed by atoms with Crippen LogP contribution >= 0.6 is 0 Å². The third-order valence-electron chi connectivity index (χ3n) is 1.43. The van der Waals surface area contributed by atoms with E-state index in [0.717, 1.165) is 0 Å². The molecule has 0 aromatic heterocycles. The minimum Gasteiger partial charge on any atom is -0.544 e. The molecule has 0 aliphatic rings. The van der Waals surface area contributed by atoms with Gasteiger partial charge in [0, 0.05) is 4.91 Å². The molecule has 0 aliphatic heterocycles. The minimum absolute atomic E-state index is 0.553. The Labute approximate surface area is 84.3 Å². The molecule has 5 heteroatoms. The maximum atomic E-state index is 8.36. The Morgan fingerprint density at radius 3 is 2.50 bits per heavy atom. The molecule has 0 atom stereocenters. The van der Waals surface area contributed by atoms with Crippen LogP contribution in [0, 0.1) is 0 Å². The summed E-state index contributed by atoms with van der Waals surface area (Å²) in [5.74, 6) is 0.671. The second-order valence-electron chi connectivity index (χ2n) is 3.87. The highest BCUT2D eigenvalue weighted by Crippen LogP contribution is 2.29. The van der Waals surface area contributed by atoms with Gasteiger partial charge in [-0.25, -0.2) is 0 Å². The first-order chi connectivity index (χ1) is 6.53. The van der Waals surface area contributed by atoms with Gasteiger partial charge in [-0.15, -0.1) is 0 Å². The quantitative estimate of drug-likeness (QED) is 0.321. The highest BCUT2D eigenvalue weighted by atomic mass is 28.4. The molecule has 0 aliphatic carbocycles. The second-order valence-corrected chi connectivity index (χ2v) is 8.30. The van der Waals surface area contributed by atoms with Crippen LogP contribution in [-0.2, 0) is 0 Å². The van der Waals surface area contributed by atoms with Gasteiger partial charge in [0.1, 0.15) is 5.75 Å². The number of para-hydroxylation sites is 1. The fourth-order valence-electron chi connectivity index (χ4n) is 1.00. The first-order valence-corrected chi connectivity index (χ1v) is 7.77. The molecule has 74 valence electrons. The van der Waals surface area contributed by atoms with E-state index in [-0.39, 0.29) is 0 Å². The van der Waals surface area contributed by atoms with Crippen molar-refractivity contribution in [3.63, 3.8) is 0 Å². The van der Waals surface area contributed by atoms with E-state index in [4.69, 9.17) is 9.96 Å². The first kappa shape index (κ1) is 10.6. The van der Waals surface area contributed by atoms with Gasteiger partial charge in [0.15, 0.2) is 0 Å². The van der Waals surface area contributed by atoms with Crippen LogP contribution in [0.25, 0.3) is 10.4 Å². The van der Waals surface area contributed by atoms with Gasteiger partial charge in [-0.1, -0.05) is 17.2 Å². The van der Waals surface area contributed by atoms with Crippen molar-refractivity contribution in [2.75, 3.05) is 0 Å². The average molecular weight is 207 g/mol. The molecule has 0 heterocycles. The van der Waals surface area contributed by atoms with E-state index in [9.17, 15) is 0 Å². The number of hydrogen-bond donors (Lipinski definition) is 0. The number of hydrogen-bond acceptors (Lipinski definition) is 2. The summed E-state index contributed by atoms with van der Waals surface area (Å²) >= 11 is 0. The fraction of sp³-hybridized carbons (Fsp3) is 0.333. The molecule has 0 spiro atoms. The molecule has 0 amide bonds. The lowest BCUT2D eigenvalue weighted by Gasteiger charge is -2.20. The first-order valence-electron chi connectivity index (χ1n) is 4.36. The molecule has 0 unspecified atom stereocenters. The fourth-order valence-corrected chi connectivity index (χ4v) is 1.84. The maximum Gasteiger partial charge on any atom is 0.242 e. The van der Waals surface area contributed by atoms with Crippen molar-refractivity contribution < 1.29 is 4.43 Å². The van der Waals surface area contributed by atoms with Crippen LogP contribution in [-0.4, -0.2) is 8.32 Å². The topological polar surface area (TPSA) is 58.0 Å². The molecule has 0 saturated heterocycles. The number of azide groups is 1. The standard InChI is InChI=1S/C9H13N3OSi/c1-14(2,3)13-9-7-5-4-6-8(9)11-12-10/h4-7H,1-3H3. The largest absolute Gasteiger partial charge is 0.544 e. The van der Waals surface area contributed by atoms with Crippen molar-refractivity contribution in [2.45, 2.75) is 19.6 Å². The molecule has 4 nitrogen and oxygen atoms in total. The van der Waals surface area contributed by atoms with Gasteiger partial charge in [-0.3, -0.25) is 0 Å². The van der Waals surface area contributed by atoms with Gasteiger partial charge in [-0.2, -0.15) is 0 Å². The Balaban J connectivity index is 3.01. The molecule has 14 heavy (non-hydrogen) atoms. The monoisotopic (exact) mass is 207 g/mol. The molecule has 1 rings (SSSR count). The molecule has 1 aromatic carbocycles. The van der Waals surface area contributed by atoms with Crippen molar-refractivity contribution in [1.82, 2.24) is 0 Å². The van der Waals surface area contributed by atoms with Gasteiger partial charge in [-0.05, 0) is 37.3 Å². The number of nitrogens with zero attached hydrogens (tertiary/aromatic N) is 3. The summed E-state index contributed by atoms with van der Waals surface area (Å²) in [6.45, 7) is 6.25. The lowest BCUT2D eigenvalue weighted by Crippen LogP contribution is -2.29. The summed E-state index contributed by atoms with van der Waals surface area (Å²) in [4.78, 5) is 2.76. The van der Waals surface area contributed by atoms with Gasteiger partial charge < -0.3 is 4.43 Å². The highest BCUT2D eigenvalue weighted by Gasteiger charge is 2.17. The molecule has 0 fully saturated rings. The van der Waals surface area contributed by atoms with Crippen molar-refractivity contribution >= 4 is 14.0 Å². The summed E-state index contributed by atoms with van der Waals surface area (Å²) in [5.41, 5.74) is 8.91. The number of benzene rings is 1. The van der Waals surface area contributed by atoms with Crippen LogP contribution in [0.15, 0.2) is 29.4 Å². The molecule has 0 N–H and O–H groups in total. The van der Waals surface area contributed by atoms with Gasteiger partial charge >= 0.3 is 0 Å². The van der Waals surface area contributed by atoms with Crippen LogP contribution in [0.3, 0.4) is 0 Å². The molecular weight excluding hydrogens is 194 g/mol. The highest BCUT2D eigenvalue weighted by molar-refractivity contribution is 6.70. The van der Waals surface area contributed by atoms with Crippen molar-refractivity contribution in [3.05, 3.63) is 34.7 Å². The smallest absolute Gasteiger partial charge is 0.242 e. The molecule has 1 aromatic rings. The van der Waals surface area contributed by atoms with Crippen LogP contribution in [0.1, 0.15) is 0 Å². The van der Waals surface area contributed by atoms with Gasteiger partial charge in [0.05, 0.1) is 5.69 Å². The Morgan fingerprint density at radius 1 is 1.29 bits per heavy atom. The van der Waals surface area contributed by atoms with E-state index in [1.165, 1.54) is 0 Å². The predicted molar refractivity (Wildman–Crippen MR) is 59.2 cm³/mol. The average Bonchev–Trinajstić information content (AvgIpc) is 2.06. The van der Waals surface area contributed by atoms with Crippen LogP contribution in [0.4, 0.5) is 5.69 Å². The van der Waals surface area contributed by atoms with E-state index in [2.05, 4.69) is 29.7 Å². The van der Waals surface area contributed by atoms with Crippen LogP contribution in [0.2, 0.25) is 19.6 Å². The molecular formula is C9H13N3OSi. The lowest BCUT2D eigenvalue weighted by atomic mass is 10.3. The summed E-state index contributed by atoms with van der Waals surface area (Å²) < 4.78 is 5.76. The molecule has 0 saturated carbocycles. The van der Waals surface area contributed by atoms with Gasteiger partial charge in [0.25, 0.3) is 0 Å². The van der Waals surface area contributed by atoms with E-state index < -0.39 is 8.32 Å². The van der Waals surface area contributed by atoms with Crippen molar-refractivity contribution in [1.29, 1.82) is 0 Å². The zero-order valence-corrected chi connectivity index (χ0v) is 9.56. The summed E-state index contributed by atoms with van der Waals surface area (Å²) in [6.07, 6.45) is 0. The Hall–Kier alpha value is -1.45. The summed E-state index contributed by atoms with van der Waals surface area (Å²) in [5, 5.41) is 3.57. The van der Waals surface area contributed by atoms with E-state index in [0.29, 0.717) is 11.4 Å². The molecule has 0 radical (unpaired) electrons. The number of rotatable bonds is 3. The Kier molecular flexibility index (Phi) is 3.17. The van der Waals surface area contributed by atoms with Crippen molar-refractivity contribution in [3.8, 4) is 5.75 Å². The summed E-state index contributed by atoms with van der Waals surface area (Å²) in [7, 11) is -1.64. The zero-order chi connectivity index (χ0) is 10.6. The normalized spacial score (nSPS) is 10.5. The Morgan fingerprint density at radius 2 is 1.93 bits per heavy atom. The van der Waals surface area contributed by atoms with Crippen molar-refractivity contribution in [2.24, 2.45) is 5.11 Å². The zero-order valence-electron chi connectivity index (χ0n) is 8.56. The van der Waals surface area contributed by atoms with E-state index in [1.807, 2.05) is 18.2 Å². The third kappa shape index (κ3) is 3.12. The van der Waals surface area contributed by atoms with Crippen LogP contribution in [0.5, 0.6) is 5.75 Å². The molecule has 0 bridgehead atoms. The lowest BCUT2D eigenvalue weighted by molar-refractivity contribution is 0.559. The summed E-state index contributed by atoms with van der Waals surface area (Å²) in [6, 6.07) is 7.25. The minimum atomic E-state index is -1.64. The van der Waals surface area contributed by atoms with E-state index in [1.54, 1.807) is 6.07 Å². The third-order valence-corrected chi connectivity index (χ3v) is 2.27. The van der Waals surface area contributed by atoms with Crippen LogP contribution < -0.4 is 4.43 Å². The Bertz CT molecular complexity index is 367. The predicted octanol–water partition coefficient (Wildman–Crippen LogP) is 3.84.